The molecule has 0 aliphatic heterocycles. The van der Waals surface area contributed by atoms with E-state index in [1.54, 1.807) is 0 Å². The molecule has 0 bridgehead atoms. The first-order valence-corrected chi connectivity index (χ1v) is 13.8. The van der Waals surface area contributed by atoms with Crippen molar-refractivity contribution in [2.75, 3.05) is 0 Å². The number of benzene rings is 6. The molecule has 0 radical (unpaired) electrons. The molecule has 40 heavy (non-hydrogen) atoms. The van der Waals surface area contributed by atoms with Crippen molar-refractivity contribution < 1.29 is 0 Å². The van der Waals surface area contributed by atoms with Gasteiger partial charge in [0.25, 0.3) is 0 Å². The predicted octanol–water partition coefficient (Wildman–Crippen LogP) is 11.2. The summed E-state index contributed by atoms with van der Waals surface area (Å²) in [5.74, 6) is 0. The van der Waals surface area contributed by atoms with Crippen LogP contribution >= 0.6 is 0 Å². The molecule has 6 rings (SSSR count). The number of fused-ring (bicyclic) bond motifs is 2. The van der Waals surface area contributed by atoms with E-state index in [4.69, 9.17) is 0 Å². The molecule has 0 saturated carbocycles. The Morgan fingerprint density at radius 3 is 1.65 bits per heavy atom. The van der Waals surface area contributed by atoms with Crippen LogP contribution in [0.3, 0.4) is 0 Å². The van der Waals surface area contributed by atoms with E-state index in [0.29, 0.717) is 0 Å². The largest absolute Gasteiger partial charge is 0.0911 e. The lowest BCUT2D eigenvalue weighted by atomic mass is 9.92. The zero-order valence-electron chi connectivity index (χ0n) is 23.1. The summed E-state index contributed by atoms with van der Waals surface area (Å²) in [4.78, 5) is 0. The molecule has 0 spiro atoms. The molecule has 0 nitrogen and oxygen atoms in total. The van der Waals surface area contributed by atoms with E-state index in [-0.39, 0.29) is 0 Å². The van der Waals surface area contributed by atoms with Gasteiger partial charge in [-0.2, -0.15) is 0 Å². The molecule has 0 aliphatic carbocycles. The summed E-state index contributed by atoms with van der Waals surface area (Å²) in [5.41, 5.74) is 10.6. The summed E-state index contributed by atoms with van der Waals surface area (Å²) in [6.07, 6.45) is 4.54. The monoisotopic (exact) mass is 512 g/mol. The topological polar surface area (TPSA) is 0 Å². The van der Waals surface area contributed by atoms with Crippen molar-refractivity contribution in [2.45, 2.75) is 13.8 Å². The highest BCUT2D eigenvalue weighted by Gasteiger charge is 2.09. The van der Waals surface area contributed by atoms with Crippen molar-refractivity contribution in [3.63, 3.8) is 0 Å². The van der Waals surface area contributed by atoms with Gasteiger partial charge in [-0.25, -0.2) is 0 Å². The number of allylic oxidation sites excluding steroid dienone is 5. The molecule has 0 unspecified atom stereocenters. The summed E-state index contributed by atoms with van der Waals surface area (Å²) in [6, 6.07) is 47.7. The van der Waals surface area contributed by atoms with Crippen molar-refractivity contribution >= 4 is 38.3 Å². The van der Waals surface area contributed by atoms with Crippen molar-refractivity contribution in [3.05, 3.63) is 174 Å². The van der Waals surface area contributed by atoms with Crippen LogP contribution in [0.15, 0.2) is 152 Å². The van der Waals surface area contributed by atoms with Crippen molar-refractivity contribution in [3.8, 4) is 11.1 Å². The van der Waals surface area contributed by atoms with Crippen LogP contribution < -0.4 is 0 Å². The lowest BCUT2D eigenvalue weighted by molar-refractivity contribution is 1.47. The highest BCUT2D eigenvalue weighted by molar-refractivity contribution is 6.01. The van der Waals surface area contributed by atoms with Crippen LogP contribution in [0, 0.1) is 6.92 Å². The molecule has 192 valence electrons. The van der Waals surface area contributed by atoms with Crippen molar-refractivity contribution in [1.82, 2.24) is 0 Å². The van der Waals surface area contributed by atoms with Gasteiger partial charge in [0.2, 0.25) is 0 Å². The van der Waals surface area contributed by atoms with Gasteiger partial charge >= 0.3 is 0 Å². The minimum atomic E-state index is 0.997. The SMILES string of the molecule is C=C(/C=C(\C=C(/C)c1cccc2ccccc12)c1ccc(-c2ccc(C)cc2)cc1)c1cccc2ccccc12. The van der Waals surface area contributed by atoms with E-state index >= 15 is 0 Å². The second-order valence-corrected chi connectivity index (χ2v) is 10.4. The quantitative estimate of drug-likeness (QED) is 0.195. The van der Waals surface area contributed by atoms with Crippen molar-refractivity contribution in [2.24, 2.45) is 0 Å². The van der Waals surface area contributed by atoms with Crippen LogP contribution in [0.25, 0.3) is 49.4 Å². The van der Waals surface area contributed by atoms with Crippen LogP contribution in [0.4, 0.5) is 0 Å². The van der Waals surface area contributed by atoms with Gasteiger partial charge in [0.1, 0.15) is 0 Å². The lowest BCUT2D eigenvalue weighted by Crippen LogP contribution is -1.89. The van der Waals surface area contributed by atoms with Crippen LogP contribution in [0.5, 0.6) is 0 Å². The number of hydrogen-bond donors (Lipinski definition) is 0. The van der Waals surface area contributed by atoms with Gasteiger partial charge in [0.15, 0.2) is 0 Å². The summed E-state index contributed by atoms with van der Waals surface area (Å²) >= 11 is 0. The molecule has 0 aliphatic rings. The molecular formula is C40H32. The first-order chi connectivity index (χ1) is 19.6. The predicted molar refractivity (Wildman–Crippen MR) is 175 cm³/mol. The second kappa shape index (κ2) is 11.0. The third-order valence-corrected chi connectivity index (χ3v) is 7.65. The Labute approximate surface area is 237 Å². The molecular weight excluding hydrogens is 480 g/mol. The summed E-state index contributed by atoms with van der Waals surface area (Å²) in [7, 11) is 0. The van der Waals surface area contributed by atoms with E-state index in [2.05, 4.69) is 166 Å². The van der Waals surface area contributed by atoms with Crippen molar-refractivity contribution in [1.29, 1.82) is 0 Å². The highest BCUT2D eigenvalue weighted by atomic mass is 14.1. The Kier molecular flexibility index (Phi) is 7.00. The smallest absolute Gasteiger partial charge is 0.0106 e. The molecule has 0 amide bonds. The van der Waals surface area contributed by atoms with E-state index in [1.165, 1.54) is 49.4 Å². The first kappa shape index (κ1) is 25.3. The van der Waals surface area contributed by atoms with E-state index < -0.39 is 0 Å². The molecule has 0 heterocycles. The van der Waals surface area contributed by atoms with E-state index in [1.807, 2.05) is 0 Å². The fraction of sp³-hybridized carbons (Fsp3) is 0.0500. The first-order valence-electron chi connectivity index (χ1n) is 13.8. The third kappa shape index (κ3) is 5.17. The Bertz CT molecular complexity index is 1880. The molecule has 0 fully saturated rings. The Balaban J connectivity index is 1.46. The maximum absolute atomic E-state index is 4.54. The highest BCUT2D eigenvalue weighted by Crippen LogP contribution is 2.32. The fourth-order valence-electron chi connectivity index (χ4n) is 5.46. The van der Waals surface area contributed by atoms with Gasteiger partial charge in [-0.1, -0.05) is 152 Å². The Hall–Kier alpha value is -4.94. The second-order valence-electron chi connectivity index (χ2n) is 10.4. The van der Waals surface area contributed by atoms with Gasteiger partial charge in [-0.15, -0.1) is 0 Å². The van der Waals surface area contributed by atoms with Crippen LogP contribution in [0.1, 0.15) is 29.2 Å². The number of rotatable bonds is 6. The maximum Gasteiger partial charge on any atom is -0.0106 e. The van der Waals surface area contributed by atoms with Crippen LogP contribution in [-0.4, -0.2) is 0 Å². The fourth-order valence-corrected chi connectivity index (χ4v) is 5.46. The van der Waals surface area contributed by atoms with Crippen LogP contribution in [0.2, 0.25) is 0 Å². The minimum absolute atomic E-state index is 0.997. The molecule has 0 atom stereocenters. The van der Waals surface area contributed by atoms with Gasteiger partial charge in [0, 0.05) is 0 Å². The normalized spacial score (nSPS) is 12.2. The van der Waals surface area contributed by atoms with E-state index in [0.717, 1.165) is 22.3 Å². The molecule has 0 aromatic heterocycles. The average Bonchev–Trinajstić information content (AvgIpc) is 3.00. The molecule has 6 aromatic carbocycles. The standard InChI is InChI=1S/C40H32/c1-28-18-20-31(21-19-28)32-22-24-33(25-23-32)36(26-29(2)37-16-8-12-34-10-4-6-14-39(34)37)27-30(3)38-17-9-13-35-11-5-7-15-40(35)38/h4-27H,2H2,1,3H3/b30-27+,36-26+. The average molecular weight is 513 g/mol. The zero-order valence-corrected chi connectivity index (χ0v) is 23.1. The Morgan fingerprint density at radius 1 is 0.525 bits per heavy atom. The third-order valence-electron chi connectivity index (χ3n) is 7.65. The molecule has 0 heteroatoms. The summed E-state index contributed by atoms with van der Waals surface area (Å²) in [6.45, 7) is 8.87. The van der Waals surface area contributed by atoms with Gasteiger partial charge in [-0.05, 0) is 86.0 Å². The summed E-state index contributed by atoms with van der Waals surface area (Å²) in [5, 5.41) is 4.96. The molecule has 0 N–H and O–H groups in total. The maximum atomic E-state index is 4.54. The minimum Gasteiger partial charge on any atom is -0.0911 e. The lowest BCUT2D eigenvalue weighted by Gasteiger charge is -2.12. The molecule has 0 saturated heterocycles. The van der Waals surface area contributed by atoms with Gasteiger partial charge < -0.3 is 0 Å². The van der Waals surface area contributed by atoms with Gasteiger partial charge in [-0.3, -0.25) is 0 Å². The zero-order chi connectivity index (χ0) is 27.5. The number of hydrogen-bond acceptors (Lipinski definition) is 0. The van der Waals surface area contributed by atoms with Crippen LogP contribution in [-0.2, 0) is 0 Å². The summed E-state index contributed by atoms with van der Waals surface area (Å²) < 4.78 is 0. The van der Waals surface area contributed by atoms with E-state index in [9.17, 15) is 0 Å². The van der Waals surface area contributed by atoms with Gasteiger partial charge in [0.05, 0.1) is 0 Å². The number of aryl methyl sites for hydroxylation is 1. The molecule has 6 aromatic rings. The Morgan fingerprint density at radius 2 is 1.02 bits per heavy atom.